The maximum absolute atomic E-state index is 14.3. The molecule has 0 radical (unpaired) electrons. The minimum absolute atomic E-state index is 0.142. The van der Waals surface area contributed by atoms with Gasteiger partial charge in [0.1, 0.15) is 17.6 Å². The van der Waals surface area contributed by atoms with E-state index in [-0.39, 0.29) is 38.1 Å². The summed E-state index contributed by atoms with van der Waals surface area (Å²) in [6.45, 7) is 9.73. The third-order valence-corrected chi connectivity index (χ3v) is 8.16. The van der Waals surface area contributed by atoms with Crippen LogP contribution in [0, 0.1) is 11.8 Å². The molecule has 0 aromatic heterocycles. The van der Waals surface area contributed by atoms with E-state index in [1.165, 1.54) is 9.80 Å². The number of anilines is 1. The van der Waals surface area contributed by atoms with Crippen molar-refractivity contribution in [3.05, 3.63) is 54.6 Å². The number of aliphatic hydroxyl groups is 1. The molecule has 200 valence electrons. The molecule has 3 aliphatic rings. The van der Waals surface area contributed by atoms with Crippen molar-refractivity contribution in [1.82, 2.24) is 4.90 Å². The molecule has 0 aliphatic carbocycles. The van der Waals surface area contributed by atoms with E-state index < -0.39 is 35.0 Å². The Kier molecular flexibility index (Phi) is 8.11. The molecular formula is C28H35ClN2O6. The van der Waals surface area contributed by atoms with Crippen LogP contribution in [0.2, 0.25) is 5.02 Å². The number of halogens is 1. The van der Waals surface area contributed by atoms with Crippen LogP contribution in [0.4, 0.5) is 5.69 Å². The Labute approximate surface area is 222 Å². The Hall–Kier alpha value is -2.68. The fourth-order valence-electron chi connectivity index (χ4n) is 6.29. The fraction of sp³-hybridized carbons (Fsp3) is 0.536. The van der Waals surface area contributed by atoms with E-state index >= 15 is 0 Å². The Bertz CT molecular complexity index is 1080. The normalized spacial score (nSPS) is 29.8. The van der Waals surface area contributed by atoms with E-state index in [0.29, 0.717) is 42.8 Å². The highest BCUT2D eigenvalue weighted by Gasteiger charge is 2.78. The van der Waals surface area contributed by atoms with Gasteiger partial charge in [0.2, 0.25) is 5.91 Å². The number of likely N-dealkylation sites (tertiary alicyclic amines) is 1. The Morgan fingerprint density at radius 2 is 2.03 bits per heavy atom. The molecule has 2 bridgehead atoms. The zero-order chi connectivity index (χ0) is 26.8. The van der Waals surface area contributed by atoms with Crippen molar-refractivity contribution in [2.24, 2.45) is 11.8 Å². The van der Waals surface area contributed by atoms with Gasteiger partial charge < -0.3 is 24.4 Å². The molecule has 1 spiro atoms. The van der Waals surface area contributed by atoms with Crippen LogP contribution in [0.25, 0.3) is 0 Å². The summed E-state index contributed by atoms with van der Waals surface area (Å²) in [5, 5.41) is 9.92. The molecule has 9 heteroatoms. The molecule has 0 saturated carbocycles. The summed E-state index contributed by atoms with van der Waals surface area (Å²) in [6, 6.07) is 6.02. The number of esters is 1. The highest BCUT2D eigenvalue weighted by molar-refractivity contribution is 6.34. The van der Waals surface area contributed by atoms with Gasteiger partial charge in [-0.15, -0.1) is 13.2 Å². The number of hydrogen-bond donors (Lipinski definition) is 1. The summed E-state index contributed by atoms with van der Waals surface area (Å²) in [4.78, 5) is 44.6. The van der Waals surface area contributed by atoms with Crippen LogP contribution in [-0.2, 0) is 23.9 Å². The number of allylic oxidation sites excluding steroid dienone is 1. The van der Waals surface area contributed by atoms with Crippen molar-refractivity contribution in [3.63, 3.8) is 0 Å². The number of amides is 2. The topological polar surface area (TPSA) is 96.4 Å². The van der Waals surface area contributed by atoms with Crippen molar-refractivity contribution in [2.45, 2.75) is 56.3 Å². The first-order valence-corrected chi connectivity index (χ1v) is 13.2. The maximum Gasteiger partial charge on any atom is 0.312 e. The molecule has 3 fully saturated rings. The molecule has 3 aliphatic heterocycles. The van der Waals surface area contributed by atoms with Crippen molar-refractivity contribution < 1.29 is 29.0 Å². The Morgan fingerprint density at radius 3 is 2.70 bits per heavy atom. The number of benzene rings is 1. The minimum Gasteiger partial charge on any atom is -0.465 e. The molecule has 1 N–H and O–H groups in total. The van der Waals surface area contributed by atoms with E-state index in [1.807, 2.05) is 6.92 Å². The number of carbonyl (C=O) groups is 3. The quantitative estimate of drug-likeness (QED) is 0.252. The number of unbranched alkanes of at least 4 members (excludes halogenated alkanes) is 1. The number of aliphatic hydroxyl groups excluding tert-OH is 1. The van der Waals surface area contributed by atoms with Crippen LogP contribution in [0.3, 0.4) is 0 Å². The first-order chi connectivity index (χ1) is 17.8. The number of carbonyl (C=O) groups excluding carboxylic acids is 3. The van der Waals surface area contributed by atoms with Crippen LogP contribution in [0.1, 0.15) is 39.0 Å². The van der Waals surface area contributed by atoms with Gasteiger partial charge in [0.05, 0.1) is 28.8 Å². The van der Waals surface area contributed by atoms with Gasteiger partial charge >= 0.3 is 5.97 Å². The van der Waals surface area contributed by atoms with E-state index in [4.69, 9.17) is 21.1 Å². The van der Waals surface area contributed by atoms with Crippen LogP contribution < -0.4 is 4.90 Å². The van der Waals surface area contributed by atoms with Gasteiger partial charge in [-0.2, -0.15) is 0 Å². The largest absolute Gasteiger partial charge is 0.465 e. The average Bonchev–Trinajstić information content (AvgIpc) is 3.44. The van der Waals surface area contributed by atoms with E-state index in [2.05, 4.69) is 13.2 Å². The zero-order valence-corrected chi connectivity index (χ0v) is 22.0. The molecule has 8 nitrogen and oxygen atoms in total. The second-order valence-corrected chi connectivity index (χ2v) is 10.5. The lowest BCUT2D eigenvalue weighted by Crippen LogP contribution is -2.56. The van der Waals surface area contributed by atoms with E-state index in [1.54, 1.807) is 36.4 Å². The molecule has 5 atom stereocenters. The minimum atomic E-state index is -1.18. The van der Waals surface area contributed by atoms with Crippen LogP contribution >= 0.6 is 11.6 Å². The Morgan fingerprint density at radius 1 is 1.27 bits per heavy atom. The van der Waals surface area contributed by atoms with Gasteiger partial charge in [0.25, 0.3) is 5.91 Å². The zero-order valence-electron chi connectivity index (χ0n) is 21.2. The lowest BCUT2D eigenvalue weighted by atomic mass is 9.66. The molecule has 4 rings (SSSR count). The van der Waals surface area contributed by atoms with Crippen LogP contribution in [0.15, 0.2) is 49.6 Å². The summed E-state index contributed by atoms with van der Waals surface area (Å²) in [7, 11) is 0. The number of ether oxygens (including phenoxy) is 2. The number of fused-ring (bicyclic) bond motifs is 1. The summed E-state index contributed by atoms with van der Waals surface area (Å²) >= 11 is 6.46. The lowest BCUT2D eigenvalue weighted by molar-refractivity contribution is -0.159. The third-order valence-electron chi connectivity index (χ3n) is 7.84. The predicted octanol–water partition coefficient (Wildman–Crippen LogP) is 3.52. The Balaban J connectivity index is 1.73. The average molecular weight is 531 g/mol. The standard InChI is InChI=1S/C28H35ClN2O6/c1-4-6-9-18-36-26(35)22-21-24(33)31(16-10-17-32)23(28(21)14-13-27(22,3)37-28)25(34)30(15-5-2)20-12-8-7-11-19(20)29/h4-5,7-8,11-12,21-23,32H,1-2,6,9-10,13-18H2,3H3/t21-,22+,23?,27-,28?/m0/s1. The van der Waals surface area contributed by atoms with E-state index in [0.717, 1.165) is 0 Å². The number of rotatable bonds is 12. The SMILES string of the molecule is C=CCCCOC(=O)[C@H]1[C@H]2C(=O)N(CCCO)C(C(=O)N(CC=C)c3ccccc3Cl)C23CC[C@]1(C)O3. The molecule has 2 unspecified atom stereocenters. The molecule has 3 saturated heterocycles. The van der Waals surface area contributed by atoms with Gasteiger partial charge in [0.15, 0.2) is 0 Å². The summed E-state index contributed by atoms with van der Waals surface area (Å²) in [5.74, 6) is -2.81. The highest BCUT2D eigenvalue weighted by atomic mass is 35.5. The van der Waals surface area contributed by atoms with Crippen LogP contribution in [0.5, 0.6) is 0 Å². The maximum atomic E-state index is 14.3. The summed E-state index contributed by atoms with van der Waals surface area (Å²) < 4.78 is 12.2. The molecule has 37 heavy (non-hydrogen) atoms. The van der Waals surface area contributed by atoms with Gasteiger partial charge in [0, 0.05) is 19.7 Å². The molecule has 2 amide bonds. The highest BCUT2D eigenvalue weighted by Crippen LogP contribution is 2.63. The van der Waals surface area contributed by atoms with E-state index in [9.17, 15) is 19.5 Å². The second-order valence-electron chi connectivity index (χ2n) is 10.1. The second kappa shape index (κ2) is 11.0. The first kappa shape index (κ1) is 27.4. The summed E-state index contributed by atoms with van der Waals surface area (Å²) in [6.07, 6.45) is 5.98. The lowest BCUT2D eigenvalue weighted by Gasteiger charge is -2.37. The molecule has 1 aromatic carbocycles. The van der Waals surface area contributed by atoms with Crippen molar-refractivity contribution >= 4 is 35.1 Å². The number of para-hydroxylation sites is 1. The monoisotopic (exact) mass is 530 g/mol. The number of nitrogens with zero attached hydrogens (tertiary/aromatic N) is 2. The summed E-state index contributed by atoms with van der Waals surface area (Å²) in [5.41, 5.74) is -1.59. The molecule has 1 aromatic rings. The van der Waals surface area contributed by atoms with Crippen molar-refractivity contribution in [1.29, 1.82) is 0 Å². The first-order valence-electron chi connectivity index (χ1n) is 12.8. The van der Waals surface area contributed by atoms with Gasteiger partial charge in [-0.05, 0) is 51.2 Å². The van der Waals surface area contributed by atoms with Crippen molar-refractivity contribution in [3.8, 4) is 0 Å². The van der Waals surface area contributed by atoms with Gasteiger partial charge in [-0.3, -0.25) is 14.4 Å². The third kappa shape index (κ3) is 4.60. The number of hydrogen-bond acceptors (Lipinski definition) is 6. The van der Waals surface area contributed by atoms with Gasteiger partial charge in [-0.25, -0.2) is 0 Å². The molecular weight excluding hydrogens is 496 g/mol. The van der Waals surface area contributed by atoms with Crippen molar-refractivity contribution in [2.75, 3.05) is 31.2 Å². The van der Waals surface area contributed by atoms with Gasteiger partial charge in [-0.1, -0.05) is 35.9 Å². The fourth-order valence-corrected chi connectivity index (χ4v) is 6.53. The van der Waals surface area contributed by atoms with Crippen LogP contribution in [-0.4, -0.2) is 71.3 Å². The molecule has 3 heterocycles. The smallest absolute Gasteiger partial charge is 0.312 e. The predicted molar refractivity (Wildman–Crippen MR) is 140 cm³/mol.